The van der Waals surface area contributed by atoms with Gasteiger partial charge in [0.2, 0.25) is 0 Å². The van der Waals surface area contributed by atoms with Gasteiger partial charge in [-0.3, -0.25) is 14.6 Å². The van der Waals surface area contributed by atoms with Gasteiger partial charge in [-0.2, -0.15) is 20.1 Å². The molecular weight excluding hydrogens is 344 g/mol. The Balaban J connectivity index is 1.97. The summed E-state index contributed by atoms with van der Waals surface area (Å²) in [7, 11) is 0. The van der Waals surface area contributed by atoms with Gasteiger partial charge >= 0.3 is 0 Å². The zero-order valence-electron chi connectivity index (χ0n) is 14.3. The van der Waals surface area contributed by atoms with E-state index in [1.807, 2.05) is 6.07 Å². The largest absolute Gasteiger partial charge is 0.292 e. The average Bonchev–Trinajstić information content (AvgIpc) is 2.70. The van der Waals surface area contributed by atoms with Crippen LogP contribution in [0.4, 0.5) is 0 Å². The van der Waals surface area contributed by atoms with Gasteiger partial charge in [-0.1, -0.05) is 24.3 Å². The van der Waals surface area contributed by atoms with Gasteiger partial charge in [-0.15, -0.1) is 0 Å². The molecule has 1 aromatic carbocycles. The maximum Gasteiger partial charge on any atom is 0.292 e. The van der Waals surface area contributed by atoms with E-state index in [9.17, 15) is 14.9 Å². The molecule has 1 amide bonds. The summed E-state index contributed by atoms with van der Waals surface area (Å²) in [6.07, 6.45) is 4.64. The van der Waals surface area contributed by atoms with Gasteiger partial charge in [0.15, 0.2) is 5.69 Å². The van der Waals surface area contributed by atoms with Crippen molar-refractivity contribution in [3.05, 3.63) is 87.6 Å². The van der Waals surface area contributed by atoms with Crippen LogP contribution in [-0.4, -0.2) is 26.9 Å². The number of nitrogens with one attached hydrogen (secondary N) is 1. The van der Waals surface area contributed by atoms with E-state index in [1.54, 1.807) is 54.9 Å². The second-order valence-corrected chi connectivity index (χ2v) is 5.50. The predicted octanol–water partition coefficient (Wildman–Crippen LogP) is 1.57. The first-order valence-electron chi connectivity index (χ1n) is 7.94. The Hall–Kier alpha value is -4.12. The summed E-state index contributed by atoms with van der Waals surface area (Å²) >= 11 is 0. The lowest BCUT2D eigenvalue weighted by Gasteiger charge is -2.10. The standard InChI is InChI=1S/C19H14N6O2/c1-13-16(10-20)19(27)25(15-7-3-2-4-8-15)24-17(13)18(26)23-22-12-14-6-5-9-21-11-14/h2-9,11-12H,1H3,(H,23,26)/b22-12+. The lowest BCUT2D eigenvalue weighted by Crippen LogP contribution is -2.31. The van der Waals surface area contributed by atoms with Crippen LogP contribution in [0, 0.1) is 18.3 Å². The van der Waals surface area contributed by atoms with Crippen LogP contribution in [0.2, 0.25) is 0 Å². The second-order valence-electron chi connectivity index (χ2n) is 5.50. The summed E-state index contributed by atoms with van der Waals surface area (Å²) in [6.45, 7) is 1.50. The van der Waals surface area contributed by atoms with E-state index < -0.39 is 11.5 Å². The molecule has 0 bridgehead atoms. The Kier molecular flexibility index (Phi) is 5.14. The Morgan fingerprint density at radius 2 is 2.04 bits per heavy atom. The first kappa shape index (κ1) is 17.7. The highest BCUT2D eigenvalue weighted by atomic mass is 16.2. The second kappa shape index (κ2) is 7.84. The maximum atomic E-state index is 12.5. The van der Waals surface area contributed by atoms with Gasteiger partial charge in [-0.25, -0.2) is 5.43 Å². The molecule has 0 fully saturated rings. The molecule has 0 saturated carbocycles. The van der Waals surface area contributed by atoms with E-state index in [-0.39, 0.29) is 16.8 Å². The number of pyridine rings is 1. The number of amides is 1. The molecule has 0 spiro atoms. The minimum Gasteiger partial charge on any atom is -0.266 e. The van der Waals surface area contributed by atoms with Crippen molar-refractivity contribution in [1.82, 2.24) is 20.2 Å². The van der Waals surface area contributed by atoms with Gasteiger partial charge < -0.3 is 0 Å². The fourth-order valence-corrected chi connectivity index (χ4v) is 2.37. The molecular formula is C19H14N6O2. The Labute approximate surface area is 154 Å². The number of rotatable bonds is 4. The van der Waals surface area contributed by atoms with Crippen molar-refractivity contribution in [1.29, 1.82) is 5.26 Å². The quantitative estimate of drug-likeness (QED) is 0.562. The van der Waals surface area contributed by atoms with Gasteiger partial charge in [0, 0.05) is 23.5 Å². The smallest absolute Gasteiger partial charge is 0.266 e. The van der Waals surface area contributed by atoms with Crippen molar-refractivity contribution < 1.29 is 4.79 Å². The van der Waals surface area contributed by atoms with Crippen LogP contribution in [0.15, 0.2) is 64.8 Å². The van der Waals surface area contributed by atoms with E-state index in [0.717, 1.165) is 4.68 Å². The first-order valence-corrected chi connectivity index (χ1v) is 7.94. The number of hydrogen-bond donors (Lipinski definition) is 1. The topological polar surface area (TPSA) is 113 Å². The van der Waals surface area contributed by atoms with Crippen molar-refractivity contribution in [3.8, 4) is 11.8 Å². The Morgan fingerprint density at radius 3 is 2.70 bits per heavy atom. The number of nitrogens with zero attached hydrogens (tertiary/aromatic N) is 5. The number of aromatic nitrogens is 3. The van der Waals surface area contributed by atoms with E-state index in [0.29, 0.717) is 11.3 Å². The van der Waals surface area contributed by atoms with E-state index in [1.165, 1.54) is 13.1 Å². The molecule has 8 heteroatoms. The number of hydrazone groups is 1. The van der Waals surface area contributed by atoms with Crippen LogP contribution >= 0.6 is 0 Å². The highest BCUT2D eigenvalue weighted by molar-refractivity contribution is 5.94. The molecule has 0 radical (unpaired) electrons. The van der Waals surface area contributed by atoms with Crippen LogP contribution in [0.3, 0.4) is 0 Å². The fraction of sp³-hybridized carbons (Fsp3) is 0.0526. The van der Waals surface area contributed by atoms with E-state index in [4.69, 9.17) is 0 Å². The molecule has 0 aliphatic carbocycles. The molecule has 0 saturated heterocycles. The lowest BCUT2D eigenvalue weighted by molar-refractivity contribution is 0.0947. The minimum atomic E-state index is -0.631. The number of carbonyl (C=O) groups excluding carboxylic acids is 1. The van der Waals surface area contributed by atoms with Crippen molar-refractivity contribution in [3.63, 3.8) is 0 Å². The molecule has 0 atom stereocenters. The zero-order chi connectivity index (χ0) is 19.2. The van der Waals surface area contributed by atoms with Crippen LogP contribution in [0.5, 0.6) is 0 Å². The molecule has 0 aliphatic heterocycles. The minimum absolute atomic E-state index is 0.0571. The summed E-state index contributed by atoms with van der Waals surface area (Å²) < 4.78 is 1.03. The summed E-state index contributed by atoms with van der Waals surface area (Å²) in [5.41, 5.74) is 2.92. The van der Waals surface area contributed by atoms with Crippen LogP contribution in [0.25, 0.3) is 5.69 Å². The number of benzene rings is 1. The molecule has 3 rings (SSSR count). The summed E-state index contributed by atoms with van der Waals surface area (Å²) in [5, 5.41) is 17.3. The first-order chi connectivity index (χ1) is 13.1. The van der Waals surface area contributed by atoms with Crippen LogP contribution in [0.1, 0.15) is 27.2 Å². The average molecular weight is 358 g/mol. The van der Waals surface area contributed by atoms with Crippen molar-refractivity contribution in [2.45, 2.75) is 6.92 Å². The molecule has 0 aliphatic rings. The SMILES string of the molecule is Cc1c(C(=O)N/N=C/c2cccnc2)nn(-c2ccccc2)c(=O)c1C#N. The van der Waals surface area contributed by atoms with E-state index in [2.05, 4.69) is 20.6 Å². The van der Waals surface area contributed by atoms with E-state index >= 15 is 0 Å². The molecule has 2 aromatic heterocycles. The zero-order valence-corrected chi connectivity index (χ0v) is 14.3. The monoisotopic (exact) mass is 358 g/mol. The molecule has 8 nitrogen and oxygen atoms in total. The predicted molar refractivity (Wildman–Crippen MR) is 98.6 cm³/mol. The van der Waals surface area contributed by atoms with Gasteiger partial charge in [0.1, 0.15) is 11.6 Å². The van der Waals surface area contributed by atoms with Crippen molar-refractivity contribution >= 4 is 12.1 Å². The van der Waals surface area contributed by atoms with Gasteiger partial charge in [-0.05, 0) is 25.1 Å². The number of carbonyl (C=O) groups is 1. The normalized spacial score (nSPS) is 10.5. The third-order valence-electron chi connectivity index (χ3n) is 3.73. The fourth-order valence-electron chi connectivity index (χ4n) is 2.37. The molecule has 27 heavy (non-hydrogen) atoms. The number of nitriles is 1. The number of hydrogen-bond acceptors (Lipinski definition) is 6. The molecule has 2 heterocycles. The summed E-state index contributed by atoms with van der Waals surface area (Å²) in [4.78, 5) is 28.9. The van der Waals surface area contributed by atoms with Crippen molar-refractivity contribution in [2.24, 2.45) is 5.10 Å². The summed E-state index contributed by atoms with van der Waals surface area (Å²) in [5.74, 6) is -0.631. The third-order valence-corrected chi connectivity index (χ3v) is 3.73. The molecule has 1 N–H and O–H groups in total. The highest BCUT2D eigenvalue weighted by Crippen LogP contribution is 2.10. The molecule has 3 aromatic rings. The van der Waals surface area contributed by atoms with Crippen LogP contribution < -0.4 is 11.0 Å². The summed E-state index contributed by atoms with van der Waals surface area (Å²) in [6, 6.07) is 13.9. The van der Waals surface area contributed by atoms with Gasteiger partial charge in [0.05, 0.1) is 11.9 Å². The molecule has 132 valence electrons. The van der Waals surface area contributed by atoms with Gasteiger partial charge in [0.25, 0.3) is 11.5 Å². The molecule has 0 unspecified atom stereocenters. The maximum absolute atomic E-state index is 12.5. The lowest BCUT2D eigenvalue weighted by atomic mass is 10.1. The van der Waals surface area contributed by atoms with Crippen LogP contribution in [-0.2, 0) is 0 Å². The Morgan fingerprint density at radius 1 is 1.26 bits per heavy atom. The Bertz CT molecular complexity index is 1100. The highest BCUT2D eigenvalue weighted by Gasteiger charge is 2.19. The van der Waals surface area contributed by atoms with Crippen molar-refractivity contribution in [2.75, 3.05) is 0 Å². The number of para-hydroxylation sites is 1. The third kappa shape index (κ3) is 3.77.